The molecule has 0 saturated heterocycles. The number of nitrogens with one attached hydrogen (secondary N) is 1. The van der Waals surface area contributed by atoms with E-state index in [2.05, 4.69) is 21.2 Å². The Morgan fingerprint density at radius 2 is 1.94 bits per heavy atom. The number of Topliss-reactive ketones (excluding diaryl/α,β-unsaturated/α-hetero) is 1. The SMILES string of the molecule is CC(=O)C1=C(C)OC(=O)NC1c1ccc(Br)cc1. The molecule has 4 nitrogen and oxygen atoms in total. The van der Waals surface area contributed by atoms with Crippen LogP contribution < -0.4 is 5.32 Å². The van der Waals surface area contributed by atoms with E-state index < -0.39 is 12.1 Å². The first-order valence-electron chi connectivity index (χ1n) is 5.44. The Hall–Kier alpha value is -1.62. The topological polar surface area (TPSA) is 55.4 Å². The maximum absolute atomic E-state index is 11.7. The average molecular weight is 310 g/mol. The fourth-order valence-corrected chi connectivity index (χ4v) is 2.24. The molecule has 5 heteroatoms. The van der Waals surface area contributed by atoms with Gasteiger partial charge in [-0.05, 0) is 31.5 Å². The number of allylic oxidation sites excluding steroid dienone is 1. The predicted octanol–water partition coefficient (Wildman–Crippen LogP) is 3.09. The Bertz CT molecular complexity index is 534. The second-order valence-electron chi connectivity index (χ2n) is 4.04. The van der Waals surface area contributed by atoms with Crippen molar-refractivity contribution in [2.75, 3.05) is 0 Å². The number of hydrogen-bond acceptors (Lipinski definition) is 3. The Morgan fingerprint density at radius 3 is 2.50 bits per heavy atom. The molecular weight excluding hydrogens is 298 g/mol. The summed E-state index contributed by atoms with van der Waals surface area (Å²) in [5.74, 6) is 0.250. The second kappa shape index (κ2) is 4.94. The number of amides is 1. The number of ether oxygens (including phenoxy) is 1. The van der Waals surface area contributed by atoms with Gasteiger partial charge in [0, 0.05) is 4.47 Å². The molecule has 0 bridgehead atoms. The number of carbonyl (C=O) groups excluding carboxylic acids is 2. The van der Waals surface area contributed by atoms with Crippen LogP contribution in [0.3, 0.4) is 0 Å². The molecule has 0 fully saturated rings. The van der Waals surface area contributed by atoms with Gasteiger partial charge in [-0.25, -0.2) is 4.79 Å². The zero-order chi connectivity index (χ0) is 13.3. The van der Waals surface area contributed by atoms with Crippen LogP contribution >= 0.6 is 15.9 Å². The van der Waals surface area contributed by atoms with E-state index in [0.29, 0.717) is 11.3 Å². The van der Waals surface area contributed by atoms with Gasteiger partial charge < -0.3 is 10.1 Å². The third-order valence-electron chi connectivity index (χ3n) is 2.76. The monoisotopic (exact) mass is 309 g/mol. The Morgan fingerprint density at radius 1 is 1.33 bits per heavy atom. The molecule has 1 amide bonds. The molecule has 94 valence electrons. The van der Waals surface area contributed by atoms with Crippen LogP contribution in [0.4, 0.5) is 4.79 Å². The smallest absolute Gasteiger partial charge is 0.413 e. The molecule has 0 saturated carbocycles. The van der Waals surface area contributed by atoms with E-state index in [4.69, 9.17) is 4.74 Å². The first kappa shape index (κ1) is 12.8. The summed E-state index contributed by atoms with van der Waals surface area (Å²) >= 11 is 3.35. The van der Waals surface area contributed by atoms with Crippen LogP contribution in [0.5, 0.6) is 0 Å². The minimum Gasteiger partial charge on any atom is -0.415 e. The summed E-state index contributed by atoms with van der Waals surface area (Å²) in [4.78, 5) is 23.1. The van der Waals surface area contributed by atoms with Gasteiger partial charge >= 0.3 is 6.09 Å². The normalized spacial score (nSPS) is 19.3. The van der Waals surface area contributed by atoms with E-state index in [1.165, 1.54) is 6.92 Å². The van der Waals surface area contributed by atoms with Crippen LogP contribution in [0, 0.1) is 0 Å². The number of halogens is 1. The highest BCUT2D eigenvalue weighted by atomic mass is 79.9. The first-order valence-corrected chi connectivity index (χ1v) is 6.24. The van der Waals surface area contributed by atoms with Crippen LogP contribution in [0.15, 0.2) is 40.1 Å². The van der Waals surface area contributed by atoms with Gasteiger partial charge in [-0.3, -0.25) is 4.79 Å². The van der Waals surface area contributed by atoms with Gasteiger partial charge in [0.05, 0.1) is 11.6 Å². The van der Waals surface area contributed by atoms with Crippen molar-refractivity contribution in [1.29, 1.82) is 0 Å². The van der Waals surface area contributed by atoms with Crippen molar-refractivity contribution >= 4 is 27.8 Å². The Kier molecular flexibility index (Phi) is 3.52. The Labute approximate surface area is 113 Å². The molecular formula is C13H12BrNO3. The predicted molar refractivity (Wildman–Crippen MR) is 69.9 cm³/mol. The van der Waals surface area contributed by atoms with E-state index >= 15 is 0 Å². The fraction of sp³-hybridized carbons (Fsp3) is 0.231. The van der Waals surface area contributed by atoms with Gasteiger partial charge in [-0.1, -0.05) is 28.1 Å². The van der Waals surface area contributed by atoms with Gasteiger partial charge in [0.25, 0.3) is 0 Å². The highest BCUT2D eigenvalue weighted by Gasteiger charge is 2.30. The lowest BCUT2D eigenvalue weighted by atomic mass is 9.94. The second-order valence-corrected chi connectivity index (χ2v) is 4.96. The average Bonchev–Trinajstić information content (AvgIpc) is 2.28. The van der Waals surface area contributed by atoms with E-state index in [0.717, 1.165) is 10.0 Å². The molecule has 0 spiro atoms. The number of hydrogen-bond donors (Lipinski definition) is 1. The van der Waals surface area contributed by atoms with E-state index in [9.17, 15) is 9.59 Å². The minimum absolute atomic E-state index is 0.111. The third kappa shape index (κ3) is 2.46. The van der Waals surface area contributed by atoms with E-state index in [1.54, 1.807) is 6.92 Å². The van der Waals surface area contributed by atoms with Crippen molar-refractivity contribution in [3.63, 3.8) is 0 Å². The van der Waals surface area contributed by atoms with E-state index in [-0.39, 0.29) is 5.78 Å². The van der Waals surface area contributed by atoms with Crippen LogP contribution in [-0.4, -0.2) is 11.9 Å². The molecule has 0 radical (unpaired) electrons. The molecule has 0 aliphatic carbocycles. The highest BCUT2D eigenvalue weighted by Crippen LogP contribution is 2.29. The maximum atomic E-state index is 11.7. The Balaban J connectivity index is 2.46. The molecule has 1 heterocycles. The van der Waals surface area contributed by atoms with Gasteiger partial charge in [0.15, 0.2) is 5.78 Å². The van der Waals surface area contributed by atoms with Gasteiger partial charge in [0.1, 0.15) is 5.76 Å². The number of benzene rings is 1. The number of cyclic esters (lactones) is 1. The number of ketones is 1. The quantitative estimate of drug-likeness (QED) is 0.913. The summed E-state index contributed by atoms with van der Waals surface area (Å²) in [6.45, 7) is 3.09. The summed E-state index contributed by atoms with van der Waals surface area (Å²) in [7, 11) is 0. The molecule has 1 aromatic rings. The lowest BCUT2D eigenvalue weighted by molar-refractivity contribution is -0.114. The molecule has 18 heavy (non-hydrogen) atoms. The molecule has 1 N–H and O–H groups in total. The van der Waals surface area contributed by atoms with Crippen molar-refractivity contribution < 1.29 is 14.3 Å². The lowest BCUT2D eigenvalue weighted by Gasteiger charge is -2.26. The molecule has 2 rings (SSSR count). The molecule has 1 atom stereocenters. The van der Waals surface area contributed by atoms with Crippen LogP contribution in [-0.2, 0) is 9.53 Å². The number of alkyl carbamates (subject to hydrolysis) is 1. The van der Waals surface area contributed by atoms with Crippen LogP contribution in [0.25, 0.3) is 0 Å². The fourth-order valence-electron chi connectivity index (χ4n) is 1.97. The highest BCUT2D eigenvalue weighted by molar-refractivity contribution is 9.10. The maximum Gasteiger partial charge on any atom is 0.413 e. The lowest BCUT2D eigenvalue weighted by Crippen LogP contribution is -2.36. The first-order chi connectivity index (χ1) is 8.49. The molecule has 1 aliphatic heterocycles. The number of carbonyl (C=O) groups is 2. The number of rotatable bonds is 2. The zero-order valence-corrected chi connectivity index (χ0v) is 11.6. The van der Waals surface area contributed by atoms with Gasteiger partial charge in [-0.15, -0.1) is 0 Å². The summed E-state index contributed by atoms with van der Waals surface area (Å²) in [6.07, 6.45) is -0.537. The van der Waals surface area contributed by atoms with E-state index in [1.807, 2.05) is 24.3 Å². The van der Waals surface area contributed by atoms with Crippen LogP contribution in [0.2, 0.25) is 0 Å². The van der Waals surface area contributed by atoms with Gasteiger partial charge in [-0.2, -0.15) is 0 Å². The molecule has 1 aliphatic rings. The van der Waals surface area contributed by atoms with Crippen molar-refractivity contribution in [3.05, 3.63) is 45.6 Å². The van der Waals surface area contributed by atoms with Crippen molar-refractivity contribution in [1.82, 2.24) is 5.32 Å². The molecule has 1 aromatic carbocycles. The van der Waals surface area contributed by atoms with Crippen LogP contribution in [0.1, 0.15) is 25.5 Å². The van der Waals surface area contributed by atoms with Crippen molar-refractivity contribution in [3.8, 4) is 0 Å². The molecule has 1 unspecified atom stereocenters. The molecule has 0 aromatic heterocycles. The summed E-state index contributed by atoms with van der Waals surface area (Å²) in [6, 6.07) is 7.00. The van der Waals surface area contributed by atoms with Crippen molar-refractivity contribution in [2.45, 2.75) is 19.9 Å². The minimum atomic E-state index is -0.537. The van der Waals surface area contributed by atoms with Crippen molar-refractivity contribution in [2.24, 2.45) is 0 Å². The summed E-state index contributed by atoms with van der Waals surface area (Å²) in [5.41, 5.74) is 1.33. The summed E-state index contributed by atoms with van der Waals surface area (Å²) < 4.78 is 5.87. The third-order valence-corrected chi connectivity index (χ3v) is 3.29. The largest absolute Gasteiger partial charge is 0.415 e. The van der Waals surface area contributed by atoms with Gasteiger partial charge in [0.2, 0.25) is 0 Å². The standard InChI is InChI=1S/C13H12BrNO3/c1-7(16)11-8(2)18-13(17)15-12(11)9-3-5-10(14)6-4-9/h3-6,12H,1-2H3,(H,15,17). The summed E-state index contributed by atoms with van der Waals surface area (Å²) in [5, 5.41) is 2.66. The zero-order valence-electron chi connectivity index (χ0n) is 9.99.